The Labute approximate surface area is 119 Å². The fourth-order valence-electron chi connectivity index (χ4n) is 1.48. The summed E-state index contributed by atoms with van der Waals surface area (Å²) in [6.45, 7) is 7.66. The fraction of sp³-hybridized carbons (Fsp3) is 0.769. The minimum absolute atomic E-state index is 0.114. The molecule has 0 heterocycles. The van der Waals surface area contributed by atoms with E-state index in [0.717, 1.165) is 0 Å². The minimum Gasteiger partial charge on any atom is -0.481 e. The van der Waals surface area contributed by atoms with Gasteiger partial charge in [0.25, 0.3) is 0 Å². The number of carbonyl (C=O) groups is 3. The van der Waals surface area contributed by atoms with Crippen molar-refractivity contribution in [1.82, 2.24) is 15.5 Å². The summed E-state index contributed by atoms with van der Waals surface area (Å²) in [7, 11) is 1.52. The highest BCUT2D eigenvalue weighted by Gasteiger charge is 2.28. The van der Waals surface area contributed by atoms with Crippen molar-refractivity contribution >= 4 is 17.9 Å². The van der Waals surface area contributed by atoms with Crippen LogP contribution in [0, 0.1) is 11.3 Å². The van der Waals surface area contributed by atoms with Crippen molar-refractivity contribution < 1.29 is 19.5 Å². The summed E-state index contributed by atoms with van der Waals surface area (Å²) in [4.78, 5) is 35.6. The van der Waals surface area contributed by atoms with Gasteiger partial charge in [0, 0.05) is 26.7 Å². The number of aliphatic carboxylic acids is 1. The predicted molar refractivity (Wildman–Crippen MR) is 75.3 cm³/mol. The second-order valence-electron chi connectivity index (χ2n) is 5.52. The molecule has 0 aliphatic rings. The van der Waals surface area contributed by atoms with Crippen LogP contribution < -0.4 is 10.6 Å². The van der Waals surface area contributed by atoms with Gasteiger partial charge in [0.15, 0.2) is 0 Å². The number of carboxylic acid groups (broad SMARTS) is 1. The van der Waals surface area contributed by atoms with Crippen LogP contribution in [-0.4, -0.2) is 54.6 Å². The lowest BCUT2D eigenvalue weighted by Crippen LogP contribution is -2.48. The molecule has 3 N–H and O–H groups in total. The number of rotatable bonds is 7. The zero-order valence-corrected chi connectivity index (χ0v) is 12.8. The molecule has 0 aromatic carbocycles. The number of hydrogen-bond acceptors (Lipinski definition) is 3. The van der Waals surface area contributed by atoms with Gasteiger partial charge in [-0.2, -0.15) is 0 Å². The van der Waals surface area contributed by atoms with Gasteiger partial charge >= 0.3 is 12.0 Å². The normalized spacial score (nSPS) is 12.4. The summed E-state index contributed by atoms with van der Waals surface area (Å²) >= 11 is 0. The van der Waals surface area contributed by atoms with E-state index >= 15 is 0 Å². The molecule has 7 heteroatoms. The molecule has 0 rings (SSSR count). The molecule has 0 bridgehead atoms. The smallest absolute Gasteiger partial charge is 0.317 e. The van der Waals surface area contributed by atoms with E-state index in [-0.39, 0.29) is 19.0 Å². The number of carboxylic acids is 1. The molecule has 20 heavy (non-hydrogen) atoms. The van der Waals surface area contributed by atoms with Crippen molar-refractivity contribution in [3.05, 3.63) is 0 Å². The molecule has 0 saturated carbocycles. The van der Waals surface area contributed by atoms with Crippen LogP contribution in [0.5, 0.6) is 0 Å². The third kappa shape index (κ3) is 5.90. The van der Waals surface area contributed by atoms with Crippen LogP contribution >= 0.6 is 0 Å². The van der Waals surface area contributed by atoms with Crippen LogP contribution in [0.3, 0.4) is 0 Å². The minimum atomic E-state index is -0.952. The van der Waals surface area contributed by atoms with E-state index in [1.807, 2.05) is 6.92 Å². The van der Waals surface area contributed by atoms with Gasteiger partial charge in [-0.15, -0.1) is 0 Å². The third-order valence-electron chi connectivity index (χ3n) is 2.95. The molecule has 3 amide bonds. The molecule has 0 aliphatic carbocycles. The van der Waals surface area contributed by atoms with E-state index in [1.165, 1.54) is 18.9 Å². The van der Waals surface area contributed by atoms with Crippen molar-refractivity contribution in [3.63, 3.8) is 0 Å². The Morgan fingerprint density at radius 2 is 1.80 bits per heavy atom. The molecule has 0 saturated heterocycles. The van der Waals surface area contributed by atoms with E-state index < -0.39 is 23.3 Å². The first-order valence-corrected chi connectivity index (χ1v) is 6.62. The molecule has 0 radical (unpaired) electrons. The lowest BCUT2D eigenvalue weighted by atomic mass is 9.92. The Kier molecular flexibility index (Phi) is 7.02. The quantitative estimate of drug-likeness (QED) is 0.635. The summed E-state index contributed by atoms with van der Waals surface area (Å²) < 4.78 is 0. The van der Waals surface area contributed by atoms with Crippen molar-refractivity contribution in [2.24, 2.45) is 11.3 Å². The maximum atomic E-state index is 11.8. The number of carbonyl (C=O) groups excluding carboxylic acids is 2. The highest BCUT2D eigenvalue weighted by atomic mass is 16.4. The van der Waals surface area contributed by atoms with Crippen molar-refractivity contribution in [3.8, 4) is 0 Å². The zero-order valence-electron chi connectivity index (χ0n) is 12.8. The number of amides is 3. The Bertz CT molecular complexity index is 369. The maximum absolute atomic E-state index is 11.8. The van der Waals surface area contributed by atoms with Crippen LogP contribution in [0.25, 0.3) is 0 Å². The number of hydrogen-bond donors (Lipinski definition) is 3. The summed E-state index contributed by atoms with van der Waals surface area (Å²) in [6, 6.07) is -0.393. The fourth-order valence-corrected chi connectivity index (χ4v) is 1.48. The van der Waals surface area contributed by atoms with E-state index in [4.69, 9.17) is 5.11 Å². The lowest BCUT2D eigenvalue weighted by Gasteiger charge is -2.26. The number of nitrogens with one attached hydrogen (secondary N) is 2. The second kappa shape index (κ2) is 7.72. The van der Waals surface area contributed by atoms with Crippen LogP contribution in [-0.2, 0) is 9.59 Å². The molecule has 0 spiro atoms. The highest BCUT2D eigenvalue weighted by Crippen LogP contribution is 2.13. The van der Waals surface area contributed by atoms with Gasteiger partial charge in [-0.05, 0) is 20.8 Å². The van der Waals surface area contributed by atoms with Crippen LogP contribution in [0.15, 0.2) is 0 Å². The molecule has 1 atom stereocenters. The highest BCUT2D eigenvalue weighted by molar-refractivity contribution is 5.83. The van der Waals surface area contributed by atoms with Gasteiger partial charge in [-0.1, -0.05) is 6.92 Å². The van der Waals surface area contributed by atoms with E-state index in [1.54, 1.807) is 13.8 Å². The van der Waals surface area contributed by atoms with E-state index in [2.05, 4.69) is 10.6 Å². The maximum Gasteiger partial charge on any atom is 0.317 e. The lowest BCUT2D eigenvalue weighted by molar-refractivity contribution is -0.141. The Morgan fingerprint density at radius 3 is 2.25 bits per heavy atom. The van der Waals surface area contributed by atoms with Gasteiger partial charge in [-0.3, -0.25) is 9.59 Å². The number of urea groups is 1. The van der Waals surface area contributed by atoms with E-state index in [0.29, 0.717) is 6.54 Å². The van der Waals surface area contributed by atoms with Crippen molar-refractivity contribution in [2.75, 3.05) is 26.7 Å². The third-order valence-corrected chi connectivity index (χ3v) is 2.95. The number of nitrogens with zero attached hydrogens (tertiary/aromatic N) is 1. The molecule has 0 aliphatic heterocycles. The van der Waals surface area contributed by atoms with Gasteiger partial charge in [0.2, 0.25) is 5.91 Å². The topological polar surface area (TPSA) is 98.7 Å². The predicted octanol–water partition coefficient (Wildman–Crippen LogP) is 0.511. The molecular formula is C13H25N3O4. The summed E-state index contributed by atoms with van der Waals surface area (Å²) in [6.07, 6.45) is 0. The molecule has 1 unspecified atom stereocenters. The molecule has 0 fully saturated rings. The molecule has 0 aromatic rings. The van der Waals surface area contributed by atoms with Gasteiger partial charge in [0.05, 0.1) is 11.3 Å². The standard InChI is InChI=1S/C13H25N3O4/c1-6-14-11(19)13(3,4)8-15-12(20)16(5)7-9(2)10(17)18/h9H,6-8H2,1-5H3,(H,14,19)(H,15,20)(H,17,18). The summed E-state index contributed by atoms with van der Waals surface area (Å²) in [5, 5.41) is 14.1. The Balaban J connectivity index is 4.34. The molecular weight excluding hydrogens is 262 g/mol. The first-order chi connectivity index (χ1) is 9.11. The summed E-state index contributed by atoms with van der Waals surface area (Å²) in [5.74, 6) is -1.73. The average Bonchev–Trinajstić information content (AvgIpc) is 2.35. The first kappa shape index (κ1) is 18.2. The molecule has 116 valence electrons. The molecule has 0 aromatic heterocycles. The van der Waals surface area contributed by atoms with Crippen LogP contribution in [0.4, 0.5) is 4.79 Å². The Hall–Kier alpha value is -1.79. The van der Waals surface area contributed by atoms with Gasteiger partial charge in [0.1, 0.15) is 0 Å². The average molecular weight is 287 g/mol. The Morgan fingerprint density at radius 1 is 1.25 bits per heavy atom. The van der Waals surface area contributed by atoms with E-state index in [9.17, 15) is 14.4 Å². The summed E-state index contributed by atoms with van der Waals surface area (Å²) in [5.41, 5.74) is -0.717. The van der Waals surface area contributed by atoms with Crippen LogP contribution in [0.2, 0.25) is 0 Å². The first-order valence-electron chi connectivity index (χ1n) is 6.62. The van der Waals surface area contributed by atoms with Crippen LogP contribution in [0.1, 0.15) is 27.7 Å². The second-order valence-corrected chi connectivity index (χ2v) is 5.52. The van der Waals surface area contributed by atoms with Crippen molar-refractivity contribution in [1.29, 1.82) is 0 Å². The van der Waals surface area contributed by atoms with Gasteiger partial charge in [-0.25, -0.2) is 4.79 Å². The van der Waals surface area contributed by atoms with Gasteiger partial charge < -0.3 is 20.6 Å². The largest absolute Gasteiger partial charge is 0.481 e. The van der Waals surface area contributed by atoms with Crippen molar-refractivity contribution in [2.45, 2.75) is 27.7 Å². The molecule has 7 nitrogen and oxygen atoms in total. The monoisotopic (exact) mass is 287 g/mol. The SMILES string of the molecule is CCNC(=O)C(C)(C)CNC(=O)N(C)CC(C)C(=O)O. The zero-order chi connectivity index (χ0) is 15.9.